The maximum absolute atomic E-state index is 13.0. The number of ether oxygens (including phenoxy) is 1. The second-order valence-corrected chi connectivity index (χ2v) is 9.39. The number of aryl methyl sites for hydroxylation is 1. The van der Waals surface area contributed by atoms with Gasteiger partial charge in [0, 0.05) is 25.2 Å². The molecule has 0 bridgehead atoms. The summed E-state index contributed by atoms with van der Waals surface area (Å²) in [7, 11) is -3.72. The van der Waals surface area contributed by atoms with Crippen LogP contribution in [0.1, 0.15) is 42.9 Å². The molecule has 1 atom stereocenters. The number of hydrogen-bond acceptors (Lipinski definition) is 5. The molecule has 0 aliphatic carbocycles. The van der Waals surface area contributed by atoms with Crippen molar-refractivity contribution in [2.45, 2.75) is 43.6 Å². The average Bonchev–Trinajstić information content (AvgIpc) is 2.78. The fourth-order valence-electron chi connectivity index (χ4n) is 3.45. The number of rotatable bonds is 8. The van der Waals surface area contributed by atoms with Crippen LogP contribution >= 0.6 is 0 Å². The molecule has 1 aliphatic rings. The number of nitrogens with one attached hydrogen (secondary N) is 1. The number of likely N-dealkylation sites (tertiary alicyclic amines) is 1. The fraction of sp³-hybridized carbons (Fsp3) is 0.391. The van der Waals surface area contributed by atoms with Gasteiger partial charge in [-0.15, -0.1) is 0 Å². The van der Waals surface area contributed by atoms with Crippen molar-refractivity contribution in [1.82, 2.24) is 9.62 Å². The molecule has 0 spiro atoms. The Morgan fingerprint density at radius 3 is 2.29 bits per heavy atom. The molecular formula is C23H28N2O5S. The Labute approximate surface area is 183 Å². The number of sulfonamides is 1. The normalized spacial score (nSPS) is 15.3. The number of amides is 1. The van der Waals surface area contributed by atoms with Crippen LogP contribution in [0.3, 0.4) is 0 Å². The molecule has 1 saturated heterocycles. The van der Waals surface area contributed by atoms with Gasteiger partial charge in [-0.25, -0.2) is 13.1 Å². The van der Waals surface area contributed by atoms with E-state index in [1.54, 1.807) is 41.3 Å². The molecule has 31 heavy (non-hydrogen) atoms. The molecule has 0 unspecified atom stereocenters. The number of hydrogen-bond donors (Lipinski definition) is 1. The second kappa shape index (κ2) is 10.5. The van der Waals surface area contributed by atoms with Crippen molar-refractivity contribution in [3.05, 3.63) is 65.7 Å². The number of carbonyl (C=O) groups is 2. The fourth-order valence-corrected chi connectivity index (χ4v) is 4.48. The van der Waals surface area contributed by atoms with Gasteiger partial charge in [0.15, 0.2) is 0 Å². The van der Waals surface area contributed by atoms with E-state index in [0.29, 0.717) is 18.7 Å². The van der Waals surface area contributed by atoms with Crippen molar-refractivity contribution in [3.8, 4) is 0 Å². The van der Waals surface area contributed by atoms with Crippen LogP contribution in [0.5, 0.6) is 0 Å². The van der Waals surface area contributed by atoms with Crippen LogP contribution in [0.15, 0.2) is 59.5 Å². The first-order chi connectivity index (χ1) is 14.9. The molecule has 3 rings (SSSR count). The molecule has 0 radical (unpaired) electrons. The van der Waals surface area contributed by atoms with Gasteiger partial charge in [0.25, 0.3) is 5.91 Å². The van der Waals surface area contributed by atoms with E-state index in [2.05, 4.69) is 4.72 Å². The van der Waals surface area contributed by atoms with Crippen molar-refractivity contribution in [2.75, 3.05) is 19.6 Å². The van der Waals surface area contributed by atoms with Gasteiger partial charge in [-0.05, 0) is 38.3 Å². The summed E-state index contributed by atoms with van der Waals surface area (Å²) in [6, 6.07) is 15.3. The minimum atomic E-state index is -3.72. The third kappa shape index (κ3) is 6.38. The predicted octanol–water partition coefficient (Wildman–Crippen LogP) is 2.96. The van der Waals surface area contributed by atoms with E-state index >= 15 is 0 Å². The number of benzene rings is 2. The van der Waals surface area contributed by atoms with Gasteiger partial charge < -0.3 is 9.64 Å². The number of piperidine rings is 1. The molecule has 1 amide bonds. The summed E-state index contributed by atoms with van der Waals surface area (Å²) in [6.07, 6.45) is 1.74. The lowest BCUT2D eigenvalue weighted by Crippen LogP contribution is -2.40. The van der Waals surface area contributed by atoms with Crippen LogP contribution in [0, 0.1) is 6.92 Å². The van der Waals surface area contributed by atoms with E-state index in [4.69, 9.17) is 4.74 Å². The van der Waals surface area contributed by atoms with Crippen LogP contribution in [0.25, 0.3) is 0 Å². The zero-order valence-electron chi connectivity index (χ0n) is 17.6. The zero-order valence-corrected chi connectivity index (χ0v) is 18.4. The molecule has 8 heteroatoms. The third-order valence-corrected chi connectivity index (χ3v) is 6.67. The molecule has 7 nitrogen and oxygen atoms in total. The first kappa shape index (κ1) is 23.0. The Balaban J connectivity index is 1.61. The van der Waals surface area contributed by atoms with Crippen LogP contribution < -0.4 is 4.72 Å². The number of carbonyl (C=O) groups excluding carboxylic acids is 2. The lowest BCUT2D eigenvalue weighted by atomic mass is 10.1. The van der Waals surface area contributed by atoms with Gasteiger partial charge >= 0.3 is 5.97 Å². The Morgan fingerprint density at radius 2 is 1.65 bits per heavy atom. The molecule has 0 saturated carbocycles. The smallest absolute Gasteiger partial charge is 0.308 e. The first-order valence-electron chi connectivity index (χ1n) is 10.5. The Morgan fingerprint density at radius 1 is 1.00 bits per heavy atom. The molecule has 1 fully saturated rings. The molecule has 1 aliphatic heterocycles. The van der Waals surface area contributed by atoms with E-state index in [0.717, 1.165) is 24.8 Å². The van der Waals surface area contributed by atoms with Crippen molar-refractivity contribution in [1.29, 1.82) is 0 Å². The molecule has 1 heterocycles. The SMILES string of the molecule is Cc1ccc(S(=O)(=O)NCCC(=O)O[C@H](C(=O)N2CCCCC2)c2ccccc2)cc1. The lowest BCUT2D eigenvalue weighted by molar-refractivity contribution is -0.161. The Bertz CT molecular complexity index is 984. The molecule has 166 valence electrons. The van der Waals surface area contributed by atoms with E-state index < -0.39 is 22.1 Å². The van der Waals surface area contributed by atoms with E-state index in [1.165, 1.54) is 12.1 Å². The molecule has 1 N–H and O–H groups in total. The molecule has 2 aromatic carbocycles. The maximum atomic E-state index is 13.0. The van der Waals surface area contributed by atoms with Crippen molar-refractivity contribution in [2.24, 2.45) is 0 Å². The highest BCUT2D eigenvalue weighted by molar-refractivity contribution is 7.89. The van der Waals surface area contributed by atoms with Crippen LogP contribution in [0.2, 0.25) is 0 Å². The quantitative estimate of drug-likeness (QED) is 0.632. The Kier molecular flexibility index (Phi) is 7.81. The lowest BCUT2D eigenvalue weighted by Gasteiger charge is -2.30. The number of nitrogens with zero attached hydrogens (tertiary/aromatic N) is 1. The maximum Gasteiger partial charge on any atom is 0.308 e. The van der Waals surface area contributed by atoms with E-state index in [1.807, 2.05) is 13.0 Å². The average molecular weight is 445 g/mol. The summed E-state index contributed by atoms with van der Waals surface area (Å²) in [5.74, 6) is -0.870. The summed E-state index contributed by atoms with van der Waals surface area (Å²) in [5, 5.41) is 0. The molecule has 0 aromatic heterocycles. The zero-order chi connectivity index (χ0) is 22.3. The van der Waals surface area contributed by atoms with E-state index in [9.17, 15) is 18.0 Å². The summed E-state index contributed by atoms with van der Waals surface area (Å²) in [5.41, 5.74) is 1.56. The summed E-state index contributed by atoms with van der Waals surface area (Å²) in [4.78, 5) is 27.3. The standard InChI is InChI=1S/C23H28N2O5S/c1-18-10-12-20(13-11-18)31(28,29)24-15-14-21(26)30-22(19-8-4-2-5-9-19)23(27)25-16-6-3-7-17-25/h2,4-5,8-13,22,24H,3,6-7,14-17H2,1H3/t22-/m0/s1. The third-order valence-electron chi connectivity index (χ3n) is 5.20. The molecule has 2 aromatic rings. The summed E-state index contributed by atoms with van der Waals surface area (Å²) < 4.78 is 32.6. The van der Waals surface area contributed by atoms with E-state index in [-0.39, 0.29) is 23.8 Å². The summed E-state index contributed by atoms with van der Waals surface area (Å²) >= 11 is 0. The summed E-state index contributed by atoms with van der Waals surface area (Å²) in [6.45, 7) is 3.05. The first-order valence-corrected chi connectivity index (χ1v) is 11.9. The van der Waals surface area contributed by atoms with Crippen molar-refractivity contribution in [3.63, 3.8) is 0 Å². The molecular weight excluding hydrogens is 416 g/mol. The van der Waals surface area contributed by atoms with Gasteiger partial charge in [0.1, 0.15) is 0 Å². The van der Waals surface area contributed by atoms with Gasteiger partial charge in [0.05, 0.1) is 11.3 Å². The number of esters is 1. The van der Waals surface area contributed by atoms with Crippen LogP contribution in [0.4, 0.5) is 0 Å². The van der Waals surface area contributed by atoms with Crippen LogP contribution in [-0.4, -0.2) is 44.8 Å². The topological polar surface area (TPSA) is 92.8 Å². The van der Waals surface area contributed by atoms with Crippen molar-refractivity contribution < 1.29 is 22.7 Å². The predicted molar refractivity (Wildman–Crippen MR) is 117 cm³/mol. The largest absolute Gasteiger partial charge is 0.447 e. The Hall–Kier alpha value is -2.71. The van der Waals surface area contributed by atoms with Crippen molar-refractivity contribution >= 4 is 21.9 Å². The minimum Gasteiger partial charge on any atom is -0.447 e. The second-order valence-electron chi connectivity index (χ2n) is 7.63. The highest BCUT2D eigenvalue weighted by Crippen LogP contribution is 2.23. The van der Waals surface area contributed by atoms with Gasteiger partial charge in [-0.3, -0.25) is 9.59 Å². The highest BCUT2D eigenvalue weighted by Gasteiger charge is 2.30. The highest BCUT2D eigenvalue weighted by atomic mass is 32.2. The van der Waals surface area contributed by atoms with Gasteiger partial charge in [-0.2, -0.15) is 0 Å². The van der Waals surface area contributed by atoms with Crippen LogP contribution in [-0.2, 0) is 24.3 Å². The van der Waals surface area contributed by atoms with Gasteiger partial charge in [-0.1, -0.05) is 48.0 Å². The monoisotopic (exact) mass is 444 g/mol. The minimum absolute atomic E-state index is 0.117. The van der Waals surface area contributed by atoms with Gasteiger partial charge in [0.2, 0.25) is 16.1 Å².